The van der Waals surface area contributed by atoms with Crippen LogP contribution in [0, 0.1) is 6.92 Å². The number of benzene rings is 1. The van der Waals surface area contributed by atoms with Crippen LogP contribution in [-0.2, 0) is 21.8 Å². The summed E-state index contributed by atoms with van der Waals surface area (Å²) in [6.07, 6.45) is -3.14. The predicted octanol–water partition coefficient (Wildman–Crippen LogP) is 5.31. The highest BCUT2D eigenvalue weighted by Crippen LogP contribution is 2.32. The lowest BCUT2D eigenvalue weighted by Gasteiger charge is -2.16. The third-order valence-corrected chi connectivity index (χ3v) is 7.62. The number of thioether (sulfide) groups is 1. The molecule has 0 saturated carbocycles. The fourth-order valence-electron chi connectivity index (χ4n) is 3.79. The number of carbonyl (C=O) groups excluding carboxylic acids is 1. The lowest BCUT2D eigenvalue weighted by atomic mass is 10.2. The number of ether oxygens (including phenoxy) is 3. The quantitative estimate of drug-likeness (QED) is 0.223. The summed E-state index contributed by atoms with van der Waals surface area (Å²) in [5.74, 6) is -0.430. The number of aryl methyl sites for hydroxylation is 1. The van der Waals surface area contributed by atoms with Gasteiger partial charge in [0.25, 0.3) is 5.56 Å². The number of carbonyl (C=O) groups is 1. The Morgan fingerprint density at radius 1 is 1.31 bits per heavy atom. The van der Waals surface area contributed by atoms with Gasteiger partial charge in [0, 0.05) is 12.4 Å². The van der Waals surface area contributed by atoms with Gasteiger partial charge in [-0.1, -0.05) is 23.9 Å². The second kappa shape index (κ2) is 10.6. The topological polar surface area (TPSA) is 79.7 Å². The van der Waals surface area contributed by atoms with Crippen molar-refractivity contribution in [3.63, 3.8) is 0 Å². The number of esters is 1. The third kappa shape index (κ3) is 5.99. The van der Waals surface area contributed by atoms with Crippen molar-refractivity contribution in [1.82, 2.24) is 9.55 Å². The Morgan fingerprint density at radius 2 is 2.06 bits per heavy atom. The average Bonchev–Trinajstić information content (AvgIpc) is 3.42. The molecule has 1 aromatic carbocycles. The highest BCUT2D eigenvalue weighted by atomic mass is 32.2. The molecular weight excluding hydrogens is 505 g/mol. The van der Waals surface area contributed by atoms with E-state index in [1.165, 1.54) is 36.0 Å². The Morgan fingerprint density at radius 3 is 2.69 bits per heavy atom. The molecule has 3 aromatic rings. The number of thiophene rings is 1. The molecule has 12 heteroatoms. The fourth-order valence-corrected chi connectivity index (χ4v) is 5.87. The SMILES string of the molecule is CCOC(=O)c1sc2nc(SCc3ccc(OC(F)(F)F)cc3)n(C[C@H]3CCCO3)c(=O)c2c1C. The Hall–Kier alpha value is -2.57. The van der Waals surface area contributed by atoms with E-state index in [1.807, 2.05) is 0 Å². The Kier molecular flexibility index (Phi) is 7.72. The monoisotopic (exact) mass is 528 g/mol. The van der Waals surface area contributed by atoms with E-state index >= 15 is 0 Å². The first-order chi connectivity index (χ1) is 16.7. The highest BCUT2D eigenvalue weighted by molar-refractivity contribution is 7.98. The number of hydrogen-bond acceptors (Lipinski definition) is 8. The van der Waals surface area contributed by atoms with Crippen LogP contribution >= 0.6 is 23.1 Å². The van der Waals surface area contributed by atoms with Crippen molar-refractivity contribution in [3.8, 4) is 5.75 Å². The van der Waals surface area contributed by atoms with Gasteiger partial charge in [0.1, 0.15) is 15.5 Å². The number of hydrogen-bond donors (Lipinski definition) is 0. The van der Waals surface area contributed by atoms with E-state index < -0.39 is 12.3 Å². The summed E-state index contributed by atoms with van der Waals surface area (Å²) in [5.41, 5.74) is 1.02. The molecule has 0 bridgehead atoms. The van der Waals surface area contributed by atoms with Crippen LogP contribution < -0.4 is 10.3 Å². The molecule has 1 saturated heterocycles. The first kappa shape index (κ1) is 25.5. The molecule has 0 radical (unpaired) electrons. The molecule has 0 unspecified atom stereocenters. The first-order valence-electron chi connectivity index (χ1n) is 11.0. The summed E-state index contributed by atoms with van der Waals surface area (Å²) in [6, 6.07) is 5.55. The van der Waals surface area contributed by atoms with Crippen molar-refractivity contribution in [2.45, 2.75) is 56.6 Å². The van der Waals surface area contributed by atoms with Gasteiger partial charge < -0.3 is 14.2 Å². The van der Waals surface area contributed by atoms with Gasteiger partial charge in [-0.05, 0) is 49.9 Å². The van der Waals surface area contributed by atoms with E-state index in [0.717, 1.165) is 29.7 Å². The number of rotatable bonds is 8. The molecule has 0 N–H and O–H groups in total. The highest BCUT2D eigenvalue weighted by Gasteiger charge is 2.31. The van der Waals surface area contributed by atoms with Crippen LogP contribution in [0.25, 0.3) is 10.2 Å². The van der Waals surface area contributed by atoms with Crippen molar-refractivity contribution >= 4 is 39.3 Å². The van der Waals surface area contributed by atoms with Crippen LogP contribution in [-0.4, -0.2) is 41.2 Å². The molecule has 1 fully saturated rings. The van der Waals surface area contributed by atoms with Crippen LogP contribution in [0.4, 0.5) is 13.2 Å². The minimum atomic E-state index is -4.75. The predicted molar refractivity (Wildman–Crippen MR) is 126 cm³/mol. The zero-order valence-corrected chi connectivity index (χ0v) is 20.6. The van der Waals surface area contributed by atoms with E-state index in [0.29, 0.717) is 44.7 Å². The molecule has 4 rings (SSSR count). The van der Waals surface area contributed by atoms with E-state index in [2.05, 4.69) is 4.74 Å². The van der Waals surface area contributed by atoms with Crippen LogP contribution in [0.1, 0.15) is 40.6 Å². The zero-order chi connectivity index (χ0) is 25.2. The van der Waals surface area contributed by atoms with Crippen LogP contribution in [0.2, 0.25) is 0 Å². The normalized spacial score (nSPS) is 16.1. The first-order valence-corrected chi connectivity index (χ1v) is 12.8. The number of alkyl halides is 3. The fraction of sp³-hybridized carbons (Fsp3) is 0.435. The Bertz CT molecular complexity index is 1270. The van der Waals surface area contributed by atoms with Gasteiger partial charge in [-0.3, -0.25) is 9.36 Å². The van der Waals surface area contributed by atoms with Crippen molar-refractivity contribution in [3.05, 3.63) is 50.6 Å². The van der Waals surface area contributed by atoms with Crippen molar-refractivity contribution < 1.29 is 32.2 Å². The van der Waals surface area contributed by atoms with Gasteiger partial charge in [0.15, 0.2) is 5.16 Å². The van der Waals surface area contributed by atoms with Crippen LogP contribution in [0.15, 0.2) is 34.2 Å². The summed E-state index contributed by atoms with van der Waals surface area (Å²) < 4.78 is 53.5. The largest absolute Gasteiger partial charge is 0.573 e. The van der Waals surface area contributed by atoms with E-state index in [9.17, 15) is 22.8 Å². The number of nitrogens with zero attached hydrogens (tertiary/aromatic N) is 2. The van der Waals surface area contributed by atoms with Gasteiger partial charge in [0.05, 0.1) is 24.6 Å². The second-order valence-corrected chi connectivity index (χ2v) is 9.82. The average molecular weight is 529 g/mol. The third-order valence-electron chi connectivity index (χ3n) is 5.41. The van der Waals surface area contributed by atoms with E-state index in [4.69, 9.17) is 14.5 Å². The second-order valence-electron chi connectivity index (χ2n) is 7.88. The molecule has 7 nitrogen and oxygen atoms in total. The van der Waals surface area contributed by atoms with Gasteiger partial charge in [-0.15, -0.1) is 24.5 Å². The summed E-state index contributed by atoms with van der Waals surface area (Å²) in [6.45, 7) is 4.60. The van der Waals surface area contributed by atoms with Gasteiger partial charge in [0.2, 0.25) is 0 Å². The molecule has 1 aliphatic heterocycles. The molecule has 3 heterocycles. The number of halogens is 3. The summed E-state index contributed by atoms with van der Waals surface area (Å²) in [5, 5.41) is 0.833. The van der Waals surface area contributed by atoms with Crippen LogP contribution in [0.3, 0.4) is 0 Å². The maximum Gasteiger partial charge on any atom is 0.573 e. The summed E-state index contributed by atoms with van der Waals surface area (Å²) in [7, 11) is 0. The van der Waals surface area contributed by atoms with Crippen molar-refractivity contribution in [2.75, 3.05) is 13.2 Å². The van der Waals surface area contributed by atoms with Gasteiger partial charge >= 0.3 is 12.3 Å². The molecule has 2 aromatic heterocycles. The minimum absolute atomic E-state index is 0.117. The smallest absolute Gasteiger partial charge is 0.462 e. The molecule has 1 aliphatic rings. The van der Waals surface area contributed by atoms with E-state index in [1.54, 1.807) is 18.4 Å². The summed E-state index contributed by atoms with van der Waals surface area (Å²) in [4.78, 5) is 31.4. The molecule has 35 heavy (non-hydrogen) atoms. The van der Waals surface area contributed by atoms with Crippen LogP contribution in [0.5, 0.6) is 5.75 Å². The lowest BCUT2D eigenvalue weighted by Crippen LogP contribution is -2.28. The maximum atomic E-state index is 13.5. The number of aromatic nitrogens is 2. The lowest BCUT2D eigenvalue weighted by molar-refractivity contribution is -0.274. The van der Waals surface area contributed by atoms with E-state index in [-0.39, 0.29) is 24.0 Å². The Labute approximate surface area is 207 Å². The minimum Gasteiger partial charge on any atom is -0.462 e. The standard InChI is InChI=1S/C23H23F3N2O5S2/c1-3-31-21(30)18-13(2)17-19(35-18)27-22(28(20(17)29)11-16-5-4-10-32-16)34-12-14-6-8-15(9-7-14)33-23(24,25)26/h6-9,16H,3-5,10-12H2,1-2H3/t16-/m1/s1. The maximum absolute atomic E-state index is 13.5. The van der Waals surface area contributed by atoms with Gasteiger partial charge in [-0.25, -0.2) is 9.78 Å². The molecule has 0 aliphatic carbocycles. The zero-order valence-electron chi connectivity index (χ0n) is 19.0. The number of fused-ring (bicyclic) bond motifs is 1. The molecule has 188 valence electrons. The Balaban J connectivity index is 1.65. The molecule has 0 spiro atoms. The van der Waals surface area contributed by atoms with Crippen molar-refractivity contribution in [2.24, 2.45) is 0 Å². The molecule has 1 atom stereocenters. The summed E-state index contributed by atoms with van der Waals surface area (Å²) >= 11 is 2.40. The molecular formula is C23H23F3N2O5S2. The van der Waals surface area contributed by atoms with Crippen molar-refractivity contribution in [1.29, 1.82) is 0 Å². The molecule has 0 amide bonds. The van der Waals surface area contributed by atoms with Gasteiger partial charge in [-0.2, -0.15) is 0 Å².